The summed E-state index contributed by atoms with van der Waals surface area (Å²) in [5, 5.41) is 0. The highest BCUT2D eigenvalue weighted by molar-refractivity contribution is 7.92. The maximum atomic E-state index is 13.0. The number of sulfonamides is 1. The first-order valence-electron chi connectivity index (χ1n) is 7.64. The van der Waals surface area contributed by atoms with Crippen LogP contribution in [0, 0.1) is 5.82 Å². The van der Waals surface area contributed by atoms with Crippen LogP contribution in [0.25, 0.3) is 0 Å². The SMILES string of the molecule is COc1ccc(S(=O)(=O)Nc2ccc(F)cc2)cc1N1C(=O)CCC1=O. The van der Waals surface area contributed by atoms with Gasteiger partial charge in [-0.1, -0.05) is 0 Å². The molecule has 7 nitrogen and oxygen atoms in total. The lowest BCUT2D eigenvalue weighted by Gasteiger charge is -2.18. The number of nitrogens with zero attached hydrogens (tertiary/aromatic N) is 1. The fourth-order valence-corrected chi connectivity index (χ4v) is 3.67. The second kappa shape index (κ2) is 6.75. The normalized spacial score (nSPS) is 14.6. The van der Waals surface area contributed by atoms with E-state index in [1.807, 2.05) is 0 Å². The number of imide groups is 1. The number of ether oxygens (including phenoxy) is 1. The molecule has 2 aromatic rings. The van der Waals surface area contributed by atoms with Gasteiger partial charge in [0.2, 0.25) is 11.8 Å². The minimum atomic E-state index is -4.02. The topological polar surface area (TPSA) is 92.8 Å². The van der Waals surface area contributed by atoms with Crippen molar-refractivity contribution in [3.63, 3.8) is 0 Å². The molecule has 1 fully saturated rings. The van der Waals surface area contributed by atoms with E-state index in [-0.39, 0.29) is 34.9 Å². The maximum absolute atomic E-state index is 13.0. The number of methoxy groups -OCH3 is 1. The second-order valence-corrected chi connectivity index (χ2v) is 7.25. The lowest BCUT2D eigenvalue weighted by molar-refractivity contribution is -0.121. The minimum absolute atomic E-state index is 0.0623. The summed E-state index contributed by atoms with van der Waals surface area (Å²) in [4.78, 5) is 24.7. The zero-order valence-electron chi connectivity index (χ0n) is 13.7. The smallest absolute Gasteiger partial charge is 0.261 e. The highest BCUT2D eigenvalue weighted by atomic mass is 32.2. The Morgan fingerprint density at radius 3 is 2.23 bits per heavy atom. The molecule has 2 amide bonds. The van der Waals surface area contributed by atoms with Crippen LogP contribution >= 0.6 is 0 Å². The van der Waals surface area contributed by atoms with Gasteiger partial charge in [0, 0.05) is 18.5 Å². The van der Waals surface area contributed by atoms with Crippen molar-refractivity contribution >= 4 is 33.2 Å². The van der Waals surface area contributed by atoms with Crippen molar-refractivity contribution in [2.75, 3.05) is 16.7 Å². The summed E-state index contributed by atoms with van der Waals surface area (Å²) >= 11 is 0. The molecule has 0 bridgehead atoms. The minimum Gasteiger partial charge on any atom is -0.495 e. The number of carbonyl (C=O) groups excluding carboxylic acids is 2. The van der Waals surface area contributed by atoms with E-state index < -0.39 is 27.7 Å². The number of hydrogen-bond donors (Lipinski definition) is 1. The van der Waals surface area contributed by atoms with Crippen LogP contribution in [0.1, 0.15) is 12.8 Å². The summed E-state index contributed by atoms with van der Waals surface area (Å²) in [5.74, 6) is -1.14. The van der Waals surface area contributed by atoms with E-state index in [0.29, 0.717) is 0 Å². The van der Waals surface area contributed by atoms with E-state index in [4.69, 9.17) is 4.74 Å². The molecule has 0 radical (unpaired) electrons. The highest BCUT2D eigenvalue weighted by Gasteiger charge is 2.33. The Morgan fingerprint density at radius 2 is 1.65 bits per heavy atom. The van der Waals surface area contributed by atoms with Crippen LogP contribution < -0.4 is 14.4 Å². The van der Waals surface area contributed by atoms with Gasteiger partial charge in [0.05, 0.1) is 17.7 Å². The van der Waals surface area contributed by atoms with E-state index in [2.05, 4.69) is 4.72 Å². The van der Waals surface area contributed by atoms with Crippen LogP contribution in [-0.2, 0) is 19.6 Å². The fraction of sp³-hybridized carbons (Fsp3) is 0.176. The van der Waals surface area contributed by atoms with Gasteiger partial charge in [0.15, 0.2) is 0 Å². The molecule has 0 aliphatic carbocycles. The molecular weight excluding hydrogens is 363 g/mol. The number of nitrogens with one attached hydrogen (secondary N) is 1. The average Bonchev–Trinajstić information content (AvgIpc) is 2.94. The lowest BCUT2D eigenvalue weighted by Crippen LogP contribution is -2.29. The Kier molecular flexibility index (Phi) is 4.64. The van der Waals surface area contributed by atoms with Gasteiger partial charge in [-0.15, -0.1) is 0 Å². The standard InChI is InChI=1S/C17H15FN2O5S/c1-25-15-7-6-13(10-14(15)20-16(21)8-9-17(20)22)26(23,24)19-12-4-2-11(18)3-5-12/h2-7,10,19H,8-9H2,1H3. The first kappa shape index (κ1) is 17.9. The molecule has 1 N–H and O–H groups in total. The van der Waals surface area contributed by atoms with Crippen LogP contribution in [0.2, 0.25) is 0 Å². The summed E-state index contributed by atoms with van der Waals surface area (Å²) in [7, 11) is -2.66. The third-order valence-corrected chi connectivity index (χ3v) is 5.23. The molecule has 0 aromatic heterocycles. The van der Waals surface area contributed by atoms with Crippen molar-refractivity contribution in [2.45, 2.75) is 17.7 Å². The molecule has 0 unspecified atom stereocenters. The van der Waals surface area contributed by atoms with E-state index >= 15 is 0 Å². The van der Waals surface area contributed by atoms with E-state index in [0.717, 1.165) is 17.0 Å². The predicted octanol–water partition coefficient (Wildman–Crippen LogP) is 2.29. The molecule has 1 saturated heterocycles. The molecular formula is C17H15FN2O5S. The first-order chi connectivity index (χ1) is 12.3. The predicted molar refractivity (Wildman–Crippen MR) is 91.9 cm³/mol. The number of rotatable bonds is 5. The van der Waals surface area contributed by atoms with Crippen molar-refractivity contribution in [2.24, 2.45) is 0 Å². The molecule has 136 valence electrons. The molecule has 2 aromatic carbocycles. The molecule has 0 atom stereocenters. The van der Waals surface area contributed by atoms with E-state index in [9.17, 15) is 22.4 Å². The van der Waals surface area contributed by atoms with Crippen LogP contribution in [0.5, 0.6) is 5.75 Å². The molecule has 0 spiro atoms. The molecule has 0 saturated carbocycles. The average molecular weight is 378 g/mol. The zero-order valence-corrected chi connectivity index (χ0v) is 14.5. The number of carbonyl (C=O) groups is 2. The van der Waals surface area contributed by atoms with Crippen molar-refractivity contribution in [1.82, 2.24) is 0 Å². The Morgan fingerprint density at radius 1 is 1.04 bits per heavy atom. The van der Waals surface area contributed by atoms with Crippen molar-refractivity contribution in [1.29, 1.82) is 0 Å². The zero-order chi connectivity index (χ0) is 18.9. The van der Waals surface area contributed by atoms with Crippen molar-refractivity contribution < 1.29 is 27.1 Å². The van der Waals surface area contributed by atoms with Gasteiger partial charge in [0.1, 0.15) is 11.6 Å². The summed E-state index contributed by atoms with van der Waals surface area (Å²) in [5.41, 5.74) is 0.249. The van der Waals surface area contributed by atoms with Gasteiger partial charge in [0.25, 0.3) is 10.0 Å². The van der Waals surface area contributed by atoms with Gasteiger partial charge in [-0.3, -0.25) is 14.3 Å². The van der Waals surface area contributed by atoms with Gasteiger partial charge >= 0.3 is 0 Å². The van der Waals surface area contributed by atoms with Crippen molar-refractivity contribution in [3.05, 3.63) is 48.3 Å². The maximum Gasteiger partial charge on any atom is 0.261 e. The second-order valence-electron chi connectivity index (χ2n) is 5.57. The quantitative estimate of drug-likeness (QED) is 0.806. The largest absolute Gasteiger partial charge is 0.495 e. The van der Waals surface area contributed by atoms with Gasteiger partial charge in [-0.25, -0.2) is 17.7 Å². The van der Waals surface area contributed by atoms with Crippen LogP contribution in [0.3, 0.4) is 0 Å². The lowest BCUT2D eigenvalue weighted by atomic mass is 10.2. The van der Waals surface area contributed by atoms with Crippen molar-refractivity contribution in [3.8, 4) is 5.75 Å². The Labute approximate surface area is 149 Å². The Hall–Kier alpha value is -2.94. The van der Waals surface area contributed by atoms with Crippen LogP contribution in [0.4, 0.5) is 15.8 Å². The molecule has 1 aliphatic heterocycles. The number of hydrogen-bond acceptors (Lipinski definition) is 5. The van der Waals surface area contributed by atoms with E-state index in [1.54, 1.807) is 0 Å². The summed E-state index contributed by atoms with van der Waals surface area (Å²) in [6, 6.07) is 8.67. The molecule has 1 aliphatic rings. The first-order valence-corrected chi connectivity index (χ1v) is 9.12. The van der Waals surface area contributed by atoms with E-state index in [1.165, 1.54) is 37.4 Å². The summed E-state index contributed by atoms with van der Waals surface area (Å²) < 4.78 is 45.6. The molecule has 26 heavy (non-hydrogen) atoms. The number of benzene rings is 2. The van der Waals surface area contributed by atoms with Crippen LogP contribution in [-0.4, -0.2) is 27.3 Å². The third kappa shape index (κ3) is 3.38. The molecule has 9 heteroatoms. The third-order valence-electron chi connectivity index (χ3n) is 3.85. The number of anilines is 2. The number of amides is 2. The summed E-state index contributed by atoms with van der Waals surface area (Å²) in [6.45, 7) is 0. The van der Waals surface area contributed by atoms with Gasteiger partial charge < -0.3 is 4.74 Å². The Bertz CT molecular complexity index is 957. The highest BCUT2D eigenvalue weighted by Crippen LogP contribution is 2.34. The van der Waals surface area contributed by atoms with Gasteiger partial charge in [-0.05, 0) is 42.5 Å². The molecule has 1 heterocycles. The Balaban J connectivity index is 2.00. The fourth-order valence-electron chi connectivity index (χ4n) is 2.59. The monoisotopic (exact) mass is 378 g/mol. The number of halogens is 1. The van der Waals surface area contributed by atoms with Crippen LogP contribution in [0.15, 0.2) is 47.4 Å². The van der Waals surface area contributed by atoms with Gasteiger partial charge in [-0.2, -0.15) is 0 Å². The summed E-state index contributed by atoms with van der Waals surface area (Å²) in [6.07, 6.45) is 0.125. The molecule has 3 rings (SSSR count).